The van der Waals surface area contributed by atoms with Gasteiger partial charge in [0.1, 0.15) is 5.82 Å². The SMILES string of the molecule is CCC1CNC(C)(C2CC2)CN1c1c(Cl)cc(F)cc1Br. The highest BCUT2D eigenvalue weighted by molar-refractivity contribution is 9.10. The maximum Gasteiger partial charge on any atom is 0.125 e. The molecule has 1 aromatic carbocycles. The van der Waals surface area contributed by atoms with Gasteiger partial charge in [-0.05, 0) is 60.2 Å². The Hall–Kier alpha value is -0.320. The molecule has 1 heterocycles. The van der Waals surface area contributed by atoms with Gasteiger partial charge in [-0.15, -0.1) is 0 Å². The standard InChI is InChI=1S/C16H21BrClFN2/c1-3-12-8-20-16(2,10-4-5-10)9-21(12)15-13(17)6-11(19)7-14(15)18/h6-7,10,12,20H,3-5,8-9H2,1-2H3. The Labute approximate surface area is 139 Å². The quantitative estimate of drug-likeness (QED) is 0.830. The lowest BCUT2D eigenvalue weighted by molar-refractivity contribution is 0.252. The highest BCUT2D eigenvalue weighted by atomic mass is 79.9. The molecule has 0 amide bonds. The molecule has 2 fully saturated rings. The van der Waals surface area contributed by atoms with Gasteiger partial charge in [0, 0.05) is 29.1 Å². The van der Waals surface area contributed by atoms with Crippen LogP contribution >= 0.6 is 27.5 Å². The number of piperazine rings is 1. The first-order valence-electron chi connectivity index (χ1n) is 7.61. The first kappa shape index (κ1) is 15.6. The first-order valence-corrected chi connectivity index (χ1v) is 8.78. The molecule has 1 aliphatic carbocycles. The summed E-state index contributed by atoms with van der Waals surface area (Å²) in [6.45, 7) is 6.35. The van der Waals surface area contributed by atoms with Gasteiger partial charge >= 0.3 is 0 Å². The number of anilines is 1. The van der Waals surface area contributed by atoms with E-state index in [1.54, 1.807) is 0 Å². The van der Waals surface area contributed by atoms with Crippen LogP contribution in [0.5, 0.6) is 0 Å². The fourth-order valence-corrected chi connectivity index (χ4v) is 4.52. The Morgan fingerprint density at radius 1 is 1.48 bits per heavy atom. The number of benzene rings is 1. The fraction of sp³-hybridized carbons (Fsp3) is 0.625. The Bertz CT molecular complexity index is 526. The van der Waals surface area contributed by atoms with Gasteiger partial charge in [-0.1, -0.05) is 18.5 Å². The van der Waals surface area contributed by atoms with Crippen LogP contribution in [0.3, 0.4) is 0 Å². The smallest absolute Gasteiger partial charge is 0.125 e. The molecule has 2 aliphatic rings. The number of hydrogen-bond acceptors (Lipinski definition) is 2. The highest BCUT2D eigenvalue weighted by Gasteiger charge is 2.46. The average Bonchev–Trinajstić information content (AvgIpc) is 3.22. The molecule has 2 unspecified atom stereocenters. The normalized spacial score (nSPS) is 29.8. The number of rotatable bonds is 3. The van der Waals surface area contributed by atoms with Crippen molar-refractivity contribution in [2.24, 2.45) is 5.92 Å². The van der Waals surface area contributed by atoms with E-state index < -0.39 is 0 Å². The lowest BCUT2D eigenvalue weighted by atomic mass is 9.90. The molecular formula is C16H21BrClFN2. The van der Waals surface area contributed by atoms with E-state index in [1.807, 2.05) is 0 Å². The van der Waals surface area contributed by atoms with E-state index in [0.717, 1.165) is 35.6 Å². The summed E-state index contributed by atoms with van der Waals surface area (Å²) in [5.74, 6) is 0.444. The zero-order chi connectivity index (χ0) is 15.2. The molecule has 116 valence electrons. The summed E-state index contributed by atoms with van der Waals surface area (Å²) in [5.41, 5.74) is 1.06. The van der Waals surface area contributed by atoms with Gasteiger partial charge in [-0.3, -0.25) is 0 Å². The lowest BCUT2D eigenvalue weighted by Gasteiger charge is -2.48. The second kappa shape index (κ2) is 5.71. The molecule has 0 spiro atoms. The largest absolute Gasteiger partial charge is 0.363 e. The van der Waals surface area contributed by atoms with Crippen molar-refractivity contribution >= 4 is 33.2 Å². The summed E-state index contributed by atoms with van der Waals surface area (Å²) in [6.07, 6.45) is 3.63. The Kier molecular flexibility index (Phi) is 4.23. The predicted molar refractivity (Wildman–Crippen MR) is 89.7 cm³/mol. The van der Waals surface area contributed by atoms with Gasteiger partial charge in [0.05, 0.1) is 10.7 Å². The van der Waals surface area contributed by atoms with Gasteiger partial charge < -0.3 is 10.2 Å². The lowest BCUT2D eigenvalue weighted by Crippen LogP contribution is -2.64. The van der Waals surface area contributed by atoms with Gasteiger partial charge in [-0.25, -0.2) is 4.39 Å². The van der Waals surface area contributed by atoms with E-state index in [-0.39, 0.29) is 11.4 Å². The molecule has 21 heavy (non-hydrogen) atoms. The maximum absolute atomic E-state index is 13.5. The van der Waals surface area contributed by atoms with Crippen LogP contribution in [-0.4, -0.2) is 24.7 Å². The molecule has 1 saturated carbocycles. The molecule has 0 radical (unpaired) electrons. The number of nitrogens with zero attached hydrogens (tertiary/aromatic N) is 1. The number of nitrogens with one attached hydrogen (secondary N) is 1. The van der Waals surface area contributed by atoms with E-state index in [0.29, 0.717) is 11.1 Å². The molecule has 1 aliphatic heterocycles. The van der Waals surface area contributed by atoms with Crippen molar-refractivity contribution in [3.8, 4) is 0 Å². The summed E-state index contributed by atoms with van der Waals surface area (Å²) >= 11 is 9.84. The van der Waals surface area contributed by atoms with E-state index in [1.165, 1.54) is 25.0 Å². The van der Waals surface area contributed by atoms with Crippen molar-refractivity contribution in [3.63, 3.8) is 0 Å². The van der Waals surface area contributed by atoms with Gasteiger partial charge in [0.25, 0.3) is 0 Å². The molecule has 1 aromatic rings. The third kappa shape index (κ3) is 2.95. The van der Waals surface area contributed by atoms with Crippen molar-refractivity contribution in [2.45, 2.75) is 44.7 Å². The molecule has 1 N–H and O–H groups in total. The molecule has 0 bridgehead atoms. The predicted octanol–water partition coefficient (Wildman–Crippen LogP) is 4.60. The van der Waals surface area contributed by atoms with Crippen LogP contribution < -0.4 is 10.2 Å². The molecule has 3 rings (SSSR count). The third-order valence-corrected chi connectivity index (χ3v) is 5.79. The molecule has 2 nitrogen and oxygen atoms in total. The van der Waals surface area contributed by atoms with Crippen LogP contribution in [0, 0.1) is 11.7 Å². The summed E-state index contributed by atoms with van der Waals surface area (Å²) in [4.78, 5) is 2.36. The monoisotopic (exact) mass is 374 g/mol. The van der Waals surface area contributed by atoms with Crippen LogP contribution in [0.4, 0.5) is 10.1 Å². The second-order valence-corrected chi connectivity index (χ2v) is 7.74. The fourth-order valence-electron chi connectivity index (χ4n) is 3.43. The Balaban J connectivity index is 1.96. The molecule has 1 saturated heterocycles. The van der Waals surface area contributed by atoms with Gasteiger partial charge in [0.2, 0.25) is 0 Å². The van der Waals surface area contributed by atoms with Crippen LogP contribution in [-0.2, 0) is 0 Å². The van der Waals surface area contributed by atoms with Gasteiger partial charge in [0.15, 0.2) is 0 Å². The first-order chi connectivity index (χ1) is 9.94. The summed E-state index contributed by atoms with van der Waals surface area (Å²) in [6, 6.07) is 3.30. The average molecular weight is 376 g/mol. The Morgan fingerprint density at radius 3 is 2.76 bits per heavy atom. The zero-order valence-electron chi connectivity index (χ0n) is 12.4. The molecule has 0 aromatic heterocycles. The number of halogens is 3. The minimum absolute atomic E-state index is 0.128. The zero-order valence-corrected chi connectivity index (χ0v) is 14.8. The third-order valence-electron chi connectivity index (χ3n) is 4.90. The maximum atomic E-state index is 13.5. The van der Waals surface area contributed by atoms with E-state index in [4.69, 9.17) is 11.6 Å². The van der Waals surface area contributed by atoms with Crippen molar-refractivity contribution in [1.29, 1.82) is 0 Å². The second-order valence-electron chi connectivity index (χ2n) is 6.48. The summed E-state index contributed by atoms with van der Waals surface area (Å²) < 4.78 is 14.2. The number of hydrogen-bond donors (Lipinski definition) is 1. The minimum Gasteiger partial charge on any atom is -0.363 e. The van der Waals surface area contributed by atoms with Crippen LogP contribution in [0.1, 0.15) is 33.1 Å². The Morgan fingerprint density at radius 2 is 2.19 bits per heavy atom. The topological polar surface area (TPSA) is 15.3 Å². The van der Waals surface area contributed by atoms with Crippen molar-refractivity contribution in [3.05, 3.63) is 27.4 Å². The van der Waals surface area contributed by atoms with Crippen LogP contribution in [0.2, 0.25) is 5.02 Å². The van der Waals surface area contributed by atoms with E-state index >= 15 is 0 Å². The minimum atomic E-state index is -0.302. The van der Waals surface area contributed by atoms with Crippen LogP contribution in [0.25, 0.3) is 0 Å². The highest BCUT2D eigenvalue weighted by Crippen LogP contribution is 2.44. The van der Waals surface area contributed by atoms with Crippen LogP contribution in [0.15, 0.2) is 16.6 Å². The van der Waals surface area contributed by atoms with E-state index in [9.17, 15) is 4.39 Å². The molecule has 2 atom stereocenters. The van der Waals surface area contributed by atoms with Crippen molar-refractivity contribution in [1.82, 2.24) is 5.32 Å². The summed E-state index contributed by atoms with van der Waals surface area (Å²) in [5, 5.41) is 4.22. The molecule has 5 heteroatoms. The van der Waals surface area contributed by atoms with Gasteiger partial charge in [-0.2, -0.15) is 0 Å². The van der Waals surface area contributed by atoms with Crippen molar-refractivity contribution in [2.75, 3.05) is 18.0 Å². The van der Waals surface area contributed by atoms with E-state index in [2.05, 4.69) is 40.0 Å². The van der Waals surface area contributed by atoms with Crippen molar-refractivity contribution < 1.29 is 4.39 Å². The molecular weight excluding hydrogens is 355 g/mol. The summed E-state index contributed by atoms with van der Waals surface area (Å²) in [7, 11) is 0.